The van der Waals surface area contributed by atoms with Gasteiger partial charge < -0.3 is 0 Å². The van der Waals surface area contributed by atoms with Gasteiger partial charge in [0.2, 0.25) is 0 Å². The number of hydrogen-bond acceptors (Lipinski definition) is 0. The van der Waals surface area contributed by atoms with Crippen LogP contribution in [0.3, 0.4) is 0 Å². The molecule has 144 valence electrons. The van der Waals surface area contributed by atoms with Gasteiger partial charge in [-0.1, -0.05) is 0 Å². The summed E-state index contributed by atoms with van der Waals surface area (Å²) >= 11 is -2.01. The SMILES string of the molecule is CC[Si](CC)(c1cc(C)cc(C)c1)C1(C)C(C)=C(C)C(C)=[C]1[Ti]([CH3])([CH3])[CH3]. The van der Waals surface area contributed by atoms with Crippen LogP contribution in [-0.2, 0) is 16.6 Å². The zero-order valence-electron chi connectivity index (χ0n) is 19.1. The Morgan fingerprint density at radius 1 is 0.808 bits per heavy atom. The third kappa shape index (κ3) is 3.09. The Kier molecular flexibility index (Phi) is 6.09. The van der Waals surface area contributed by atoms with Crippen molar-refractivity contribution in [3.63, 3.8) is 0 Å². The van der Waals surface area contributed by atoms with Gasteiger partial charge in [0, 0.05) is 0 Å². The first-order valence-electron chi connectivity index (χ1n) is 10.4. The first-order chi connectivity index (χ1) is 11.9. The van der Waals surface area contributed by atoms with Crippen LogP contribution >= 0.6 is 0 Å². The molecule has 0 heterocycles. The summed E-state index contributed by atoms with van der Waals surface area (Å²) in [5.74, 6) is 0. The van der Waals surface area contributed by atoms with Crippen LogP contribution in [0.25, 0.3) is 0 Å². The molecule has 0 aromatic heterocycles. The van der Waals surface area contributed by atoms with Crippen LogP contribution in [0.1, 0.15) is 52.7 Å². The molecule has 0 saturated heterocycles. The minimum atomic E-state index is -2.01. The van der Waals surface area contributed by atoms with Crippen molar-refractivity contribution in [2.24, 2.45) is 0 Å². The summed E-state index contributed by atoms with van der Waals surface area (Å²) < 4.78 is 1.89. The topological polar surface area (TPSA) is 0 Å². The van der Waals surface area contributed by atoms with Gasteiger partial charge in [0.05, 0.1) is 0 Å². The van der Waals surface area contributed by atoms with Crippen molar-refractivity contribution in [3.8, 4) is 0 Å². The molecule has 1 aliphatic carbocycles. The summed E-state index contributed by atoms with van der Waals surface area (Å²) in [6.07, 6.45) is 0. The van der Waals surface area contributed by atoms with Gasteiger partial charge in [-0.25, -0.2) is 0 Å². The maximum absolute atomic E-state index is 2.64. The molecule has 0 N–H and O–H groups in total. The monoisotopic (exact) mass is 404 g/mol. The summed E-state index contributed by atoms with van der Waals surface area (Å²) in [6, 6.07) is 10.0. The molecule has 0 nitrogen and oxygen atoms in total. The molecule has 1 atom stereocenters. The zero-order valence-corrected chi connectivity index (χ0v) is 21.7. The van der Waals surface area contributed by atoms with Crippen molar-refractivity contribution in [1.82, 2.24) is 0 Å². The average Bonchev–Trinajstić information content (AvgIpc) is 2.69. The second-order valence-electron chi connectivity index (χ2n) is 9.79. The first-order valence-corrected chi connectivity index (χ1v) is 18.2. The molecule has 0 spiro atoms. The molecular formula is C24H40SiTi. The molecular weight excluding hydrogens is 364 g/mol. The summed E-state index contributed by atoms with van der Waals surface area (Å²) in [4.78, 5) is 0. The molecule has 1 aromatic carbocycles. The van der Waals surface area contributed by atoms with Crippen LogP contribution < -0.4 is 5.19 Å². The maximum atomic E-state index is 2.64. The zero-order chi connectivity index (χ0) is 20.1. The third-order valence-corrected chi connectivity index (χ3v) is 17.9. The second-order valence-corrected chi connectivity index (χ2v) is 22.8. The fourth-order valence-corrected chi connectivity index (χ4v) is 19.5. The van der Waals surface area contributed by atoms with E-state index in [1.807, 2.05) is 3.88 Å². The second kappa shape index (κ2) is 7.23. The van der Waals surface area contributed by atoms with Crippen LogP contribution in [0.2, 0.25) is 32.8 Å². The van der Waals surface area contributed by atoms with Crippen molar-refractivity contribution >= 4 is 13.3 Å². The molecule has 0 fully saturated rings. The number of aryl methyl sites for hydroxylation is 2. The van der Waals surface area contributed by atoms with Crippen molar-refractivity contribution in [2.45, 2.75) is 88.2 Å². The first kappa shape index (κ1) is 21.9. The Labute approximate surface area is 167 Å². The van der Waals surface area contributed by atoms with Gasteiger partial charge in [0.25, 0.3) is 0 Å². The van der Waals surface area contributed by atoms with Gasteiger partial charge in [-0.15, -0.1) is 0 Å². The number of hydrogen-bond donors (Lipinski definition) is 0. The van der Waals surface area contributed by atoms with E-state index < -0.39 is 24.7 Å². The summed E-state index contributed by atoms with van der Waals surface area (Å²) in [6.45, 7) is 19.4. The Bertz CT molecular complexity index is 752. The van der Waals surface area contributed by atoms with Gasteiger partial charge in [0.15, 0.2) is 0 Å². The van der Waals surface area contributed by atoms with E-state index in [1.165, 1.54) is 23.2 Å². The molecule has 0 aliphatic heterocycles. The third-order valence-electron chi connectivity index (χ3n) is 7.44. The van der Waals surface area contributed by atoms with E-state index in [0.29, 0.717) is 0 Å². The van der Waals surface area contributed by atoms with Gasteiger partial charge in [-0.05, 0) is 0 Å². The van der Waals surface area contributed by atoms with Crippen molar-refractivity contribution in [2.75, 3.05) is 0 Å². The molecule has 26 heavy (non-hydrogen) atoms. The Balaban J connectivity index is 2.92. The Morgan fingerprint density at radius 3 is 1.65 bits per heavy atom. The average molecular weight is 405 g/mol. The quantitative estimate of drug-likeness (QED) is 0.441. The van der Waals surface area contributed by atoms with Crippen LogP contribution in [0.5, 0.6) is 0 Å². The van der Waals surface area contributed by atoms with Crippen LogP contribution in [0, 0.1) is 13.8 Å². The normalized spacial score (nSPS) is 21.8. The molecule has 1 aliphatic rings. The van der Waals surface area contributed by atoms with Crippen LogP contribution in [0.4, 0.5) is 0 Å². The van der Waals surface area contributed by atoms with Gasteiger partial charge >= 0.3 is 168 Å². The number of allylic oxidation sites excluding steroid dienone is 4. The standard InChI is InChI=1S/C21H31Si.3CH3.Ti/c1-9-22(10-2,20-12-15(3)11-16(4)13-20)21(8)14-17(5)18(6)19(21)7;;;;/h11-13H,9-10H2,1-8H3;3*1H3;. The molecule has 0 amide bonds. The van der Waals surface area contributed by atoms with E-state index >= 15 is 0 Å². The number of benzene rings is 1. The van der Waals surface area contributed by atoms with Gasteiger partial charge in [-0.3, -0.25) is 0 Å². The Hall–Kier alpha value is -0.369. The number of rotatable bonds is 5. The fourth-order valence-electron chi connectivity index (χ4n) is 6.22. The van der Waals surface area contributed by atoms with E-state index in [1.54, 1.807) is 21.9 Å². The predicted molar refractivity (Wildman–Crippen MR) is 119 cm³/mol. The molecule has 1 unspecified atom stereocenters. The van der Waals surface area contributed by atoms with Crippen LogP contribution in [0.15, 0.2) is 38.8 Å². The molecule has 0 radical (unpaired) electrons. The van der Waals surface area contributed by atoms with E-state index in [2.05, 4.69) is 89.3 Å². The molecule has 0 saturated carbocycles. The van der Waals surface area contributed by atoms with Gasteiger partial charge in [-0.2, -0.15) is 0 Å². The van der Waals surface area contributed by atoms with E-state index in [9.17, 15) is 0 Å². The van der Waals surface area contributed by atoms with Gasteiger partial charge in [0.1, 0.15) is 0 Å². The Morgan fingerprint density at radius 2 is 1.27 bits per heavy atom. The summed E-state index contributed by atoms with van der Waals surface area (Å²) in [5, 5.41) is 9.79. The summed E-state index contributed by atoms with van der Waals surface area (Å²) in [7, 11) is -1.76. The van der Waals surface area contributed by atoms with Crippen molar-refractivity contribution < 1.29 is 16.6 Å². The van der Waals surface area contributed by atoms with Crippen molar-refractivity contribution in [1.29, 1.82) is 0 Å². The van der Waals surface area contributed by atoms with E-state index in [4.69, 9.17) is 0 Å². The summed E-state index contributed by atoms with van der Waals surface area (Å²) in [5.41, 5.74) is 7.77. The van der Waals surface area contributed by atoms with E-state index in [-0.39, 0.29) is 5.04 Å². The van der Waals surface area contributed by atoms with Crippen molar-refractivity contribution in [3.05, 3.63) is 49.9 Å². The molecule has 1 aromatic rings. The predicted octanol–water partition coefficient (Wildman–Crippen LogP) is 7.68. The molecule has 2 rings (SSSR count). The molecule has 2 heteroatoms. The van der Waals surface area contributed by atoms with E-state index in [0.717, 1.165) is 0 Å². The minimum absolute atomic E-state index is 0.281. The molecule has 0 bridgehead atoms. The fraction of sp³-hybridized carbons (Fsp3) is 0.583. The van der Waals surface area contributed by atoms with Crippen LogP contribution in [-0.4, -0.2) is 8.07 Å².